The first kappa shape index (κ1) is 23.1. The Morgan fingerprint density at radius 1 is 0.914 bits per heavy atom. The maximum atomic E-state index is 11.4. The van der Waals surface area contributed by atoms with Crippen molar-refractivity contribution < 1.29 is 4.79 Å². The van der Waals surface area contributed by atoms with Crippen LogP contribution in [-0.4, -0.2) is 33.2 Å². The Balaban J connectivity index is 1.23. The molecular formula is C30H32N4O. The minimum absolute atomic E-state index is 0.280. The van der Waals surface area contributed by atoms with Crippen molar-refractivity contribution >= 4 is 5.91 Å². The van der Waals surface area contributed by atoms with Crippen molar-refractivity contribution in [3.8, 4) is 16.8 Å². The summed E-state index contributed by atoms with van der Waals surface area (Å²) in [5, 5.41) is 4.31. The van der Waals surface area contributed by atoms with Crippen molar-refractivity contribution in [1.82, 2.24) is 14.7 Å². The molecule has 1 atom stereocenters. The Hall–Kier alpha value is -3.70. The Kier molecular flexibility index (Phi) is 6.51. The van der Waals surface area contributed by atoms with Gasteiger partial charge >= 0.3 is 0 Å². The average Bonchev–Trinajstić information content (AvgIpc) is 3.46. The molecule has 4 aromatic rings. The molecule has 0 saturated carbocycles. The quantitative estimate of drug-likeness (QED) is 0.392. The maximum absolute atomic E-state index is 11.4. The lowest BCUT2D eigenvalue weighted by Gasteiger charge is -2.21. The summed E-state index contributed by atoms with van der Waals surface area (Å²) in [6.07, 6.45) is 3.49. The Labute approximate surface area is 207 Å². The van der Waals surface area contributed by atoms with Gasteiger partial charge in [-0.15, -0.1) is 0 Å². The topological polar surface area (TPSA) is 64.2 Å². The van der Waals surface area contributed by atoms with Crippen molar-refractivity contribution in [1.29, 1.82) is 0 Å². The van der Waals surface area contributed by atoms with Gasteiger partial charge in [0.15, 0.2) is 5.69 Å². The number of carbonyl (C=O) groups is 1. The van der Waals surface area contributed by atoms with E-state index in [1.165, 1.54) is 47.2 Å². The summed E-state index contributed by atoms with van der Waals surface area (Å²) < 4.78 is 1.75. The van der Waals surface area contributed by atoms with E-state index >= 15 is 0 Å². The van der Waals surface area contributed by atoms with Gasteiger partial charge in [-0.3, -0.25) is 9.69 Å². The largest absolute Gasteiger partial charge is 0.364 e. The number of carbonyl (C=O) groups excluding carboxylic acids is 1. The number of aromatic nitrogens is 2. The Morgan fingerprint density at radius 3 is 2.00 bits per heavy atom. The second-order valence-electron chi connectivity index (χ2n) is 9.65. The van der Waals surface area contributed by atoms with Crippen LogP contribution in [0.1, 0.15) is 52.6 Å². The zero-order valence-electron chi connectivity index (χ0n) is 20.4. The summed E-state index contributed by atoms with van der Waals surface area (Å²) in [6.45, 7) is 6.51. The molecule has 1 aliphatic heterocycles. The minimum Gasteiger partial charge on any atom is -0.364 e. The van der Waals surface area contributed by atoms with E-state index in [0.717, 1.165) is 24.3 Å². The van der Waals surface area contributed by atoms with Crippen LogP contribution in [0.3, 0.4) is 0 Å². The highest BCUT2D eigenvalue weighted by atomic mass is 16.1. The first-order chi connectivity index (χ1) is 17.0. The number of rotatable bonds is 7. The summed E-state index contributed by atoms with van der Waals surface area (Å²) in [7, 11) is 0. The van der Waals surface area contributed by atoms with Crippen LogP contribution in [-0.2, 0) is 13.0 Å². The zero-order valence-corrected chi connectivity index (χ0v) is 20.4. The van der Waals surface area contributed by atoms with Gasteiger partial charge in [0.05, 0.1) is 5.69 Å². The maximum Gasteiger partial charge on any atom is 0.269 e. The van der Waals surface area contributed by atoms with E-state index in [9.17, 15) is 4.79 Å². The van der Waals surface area contributed by atoms with Gasteiger partial charge < -0.3 is 5.73 Å². The van der Waals surface area contributed by atoms with Crippen LogP contribution in [0.4, 0.5) is 0 Å². The number of nitrogens with two attached hydrogens (primary N) is 1. The number of primary amides is 1. The first-order valence-electron chi connectivity index (χ1n) is 12.3. The minimum atomic E-state index is -0.514. The second kappa shape index (κ2) is 9.88. The van der Waals surface area contributed by atoms with Crippen LogP contribution in [0.25, 0.3) is 16.8 Å². The fraction of sp³-hybridized carbons (Fsp3) is 0.267. The molecule has 1 fully saturated rings. The summed E-state index contributed by atoms with van der Waals surface area (Å²) in [5.41, 5.74) is 13.8. The lowest BCUT2D eigenvalue weighted by Crippen LogP contribution is -2.26. The molecule has 0 aliphatic carbocycles. The van der Waals surface area contributed by atoms with Gasteiger partial charge in [-0.05, 0) is 85.7 Å². The highest BCUT2D eigenvalue weighted by molar-refractivity contribution is 5.90. The second-order valence-corrected chi connectivity index (χ2v) is 9.65. The fourth-order valence-corrected chi connectivity index (χ4v) is 4.93. The van der Waals surface area contributed by atoms with E-state index in [-0.39, 0.29) is 5.69 Å². The standard InChI is InChI=1S/C30H32N4O/c1-21-4-3-17-33(21)20-25-7-13-27(14-8-25)26-11-5-23(6-12-26)19-24-9-15-28(16-10-24)34-22(2)18-29(32-34)30(31)35/h5-16,18,21H,3-4,17,19-20H2,1-2H3,(H2,31,35)/t21-/m1/s1. The van der Waals surface area contributed by atoms with Crippen molar-refractivity contribution in [2.45, 2.75) is 45.7 Å². The number of aryl methyl sites for hydroxylation is 1. The third kappa shape index (κ3) is 5.20. The zero-order chi connectivity index (χ0) is 24.4. The van der Waals surface area contributed by atoms with Crippen LogP contribution in [0.5, 0.6) is 0 Å². The molecule has 2 N–H and O–H groups in total. The monoisotopic (exact) mass is 464 g/mol. The number of nitrogens with zero attached hydrogens (tertiary/aromatic N) is 3. The molecule has 178 valence electrons. The summed E-state index contributed by atoms with van der Waals surface area (Å²) in [6, 6.07) is 28.5. The van der Waals surface area contributed by atoms with E-state index in [4.69, 9.17) is 5.73 Å². The van der Waals surface area contributed by atoms with E-state index in [1.807, 2.05) is 19.1 Å². The van der Waals surface area contributed by atoms with Crippen LogP contribution < -0.4 is 5.73 Å². The highest BCUT2D eigenvalue weighted by Gasteiger charge is 2.19. The van der Waals surface area contributed by atoms with Crippen LogP contribution in [0, 0.1) is 6.92 Å². The van der Waals surface area contributed by atoms with Gasteiger partial charge in [-0.1, -0.05) is 60.7 Å². The molecule has 0 radical (unpaired) electrons. The third-order valence-corrected chi connectivity index (χ3v) is 7.05. The number of benzene rings is 3. The van der Waals surface area contributed by atoms with Gasteiger partial charge in [0.25, 0.3) is 5.91 Å². The summed E-state index contributed by atoms with van der Waals surface area (Å²) in [4.78, 5) is 14.0. The molecule has 0 spiro atoms. The molecule has 5 rings (SSSR count). The lowest BCUT2D eigenvalue weighted by molar-refractivity contribution is 0.0995. The van der Waals surface area contributed by atoms with E-state index in [0.29, 0.717) is 6.04 Å². The fourth-order valence-electron chi connectivity index (χ4n) is 4.93. The highest BCUT2D eigenvalue weighted by Crippen LogP contribution is 2.24. The number of likely N-dealkylation sites (tertiary alicyclic amines) is 1. The molecule has 5 heteroatoms. The SMILES string of the molecule is Cc1cc(C(N)=O)nn1-c1ccc(Cc2ccc(-c3ccc(CN4CCC[C@H]4C)cc3)cc2)cc1. The van der Waals surface area contributed by atoms with E-state index in [2.05, 4.69) is 77.6 Å². The molecule has 35 heavy (non-hydrogen) atoms. The predicted molar refractivity (Wildman–Crippen MR) is 141 cm³/mol. The van der Waals surface area contributed by atoms with Crippen molar-refractivity contribution in [2.24, 2.45) is 5.73 Å². The summed E-state index contributed by atoms with van der Waals surface area (Å²) in [5.74, 6) is -0.514. The molecular weight excluding hydrogens is 432 g/mol. The molecule has 1 amide bonds. The van der Waals surface area contributed by atoms with Gasteiger partial charge in [0.1, 0.15) is 0 Å². The molecule has 0 unspecified atom stereocenters. The molecule has 1 aromatic heterocycles. The molecule has 3 aromatic carbocycles. The molecule has 2 heterocycles. The lowest BCUT2D eigenvalue weighted by atomic mass is 9.99. The van der Waals surface area contributed by atoms with Crippen molar-refractivity contribution in [3.63, 3.8) is 0 Å². The summed E-state index contributed by atoms with van der Waals surface area (Å²) >= 11 is 0. The van der Waals surface area contributed by atoms with E-state index < -0.39 is 5.91 Å². The Morgan fingerprint density at radius 2 is 1.49 bits per heavy atom. The third-order valence-electron chi connectivity index (χ3n) is 7.05. The van der Waals surface area contributed by atoms with Crippen LogP contribution in [0.15, 0.2) is 78.9 Å². The normalized spacial score (nSPS) is 16.0. The Bertz CT molecular complexity index is 1300. The van der Waals surface area contributed by atoms with Crippen LogP contribution >= 0.6 is 0 Å². The number of hydrogen-bond acceptors (Lipinski definition) is 3. The average molecular weight is 465 g/mol. The van der Waals surface area contributed by atoms with Crippen LogP contribution in [0.2, 0.25) is 0 Å². The first-order valence-corrected chi connectivity index (χ1v) is 12.3. The van der Waals surface area contributed by atoms with Crippen molar-refractivity contribution in [3.05, 3.63) is 107 Å². The smallest absolute Gasteiger partial charge is 0.269 e. The van der Waals surface area contributed by atoms with Gasteiger partial charge in [-0.2, -0.15) is 5.10 Å². The predicted octanol–water partition coefficient (Wildman–Crippen LogP) is 5.52. The van der Waals surface area contributed by atoms with Gasteiger partial charge in [0, 0.05) is 18.3 Å². The molecule has 1 aliphatic rings. The molecule has 0 bridgehead atoms. The van der Waals surface area contributed by atoms with Crippen molar-refractivity contribution in [2.75, 3.05) is 6.54 Å². The molecule has 1 saturated heterocycles. The number of amides is 1. The molecule has 5 nitrogen and oxygen atoms in total. The van der Waals surface area contributed by atoms with Gasteiger partial charge in [-0.25, -0.2) is 4.68 Å². The van der Waals surface area contributed by atoms with E-state index in [1.54, 1.807) is 10.7 Å². The number of hydrogen-bond donors (Lipinski definition) is 1. The van der Waals surface area contributed by atoms with Gasteiger partial charge in [0.2, 0.25) is 0 Å².